The minimum atomic E-state index is -0.325. The predicted octanol–water partition coefficient (Wildman–Crippen LogP) is 5.42. The van der Waals surface area contributed by atoms with E-state index in [0.717, 1.165) is 28.1 Å². The van der Waals surface area contributed by atoms with Crippen molar-refractivity contribution in [1.82, 2.24) is 9.80 Å². The number of hydrogen-bond acceptors (Lipinski definition) is 6. The van der Waals surface area contributed by atoms with Crippen LogP contribution in [-0.4, -0.2) is 54.8 Å². The molecule has 1 aliphatic rings. The average molecular weight is 536 g/mol. The van der Waals surface area contributed by atoms with Crippen LogP contribution in [0.4, 0.5) is 10.5 Å². The highest BCUT2D eigenvalue weighted by Gasteiger charge is 2.24. The third-order valence-corrected chi connectivity index (χ3v) is 6.55. The quantitative estimate of drug-likeness (QED) is 0.311. The Balaban J connectivity index is 1.53. The van der Waals surface area contributed by atoms with E-state index < -0.39 is 0 Å². The molecule has 0 saturated heterocycles. The fourth-order valence-corrected chi connectivity index (χ4v) is 4.47. The number of amides is 3. The number of furan rings is 1. The number of ether oxygens (including phenoxy) is 3. The Morgan fingerprint density at radius 1 is 0.949 bits per heavy atom. The van der Waals surface area contributed by atoms with Crippen LogP contribution in [0.15, 0.2) is 52.9 Å². The molecular weight excluding hydrogens is 498 g/mol. The lowest BCUT2D eigenvalue weighted by molar-refractivity contribution is -0.133. The van der Waals surface area contributed by atoms with E-state index in [0.29, 0.717) is 50.0 Å². The Morgan fingerprint density at radius 3 is 2.44 bits per heavy atom. The SMILES string of the molecule is CCOCCCN(CC(=O)N(Cc1ccc2c(c1)OCO2)Cc1ccc(C)o1)C(=O)Nc1c(C)cccc1C. The van der Waals surface area contributed by atoms with Crippen LogP contribution in [0, 0.1) is 20.8 Å². The number of fused-ring (bicyclic) bond motifs is 1. The van der Waals surface area contributed by atoms with Crippen molar-refractivity contribution < 1.29 is 28.2 Å². The number of benzene rings is 2. The molecule has 9 heteroatoms. The lowest BCUT2D eigenvalue weighted by atomic mass is 10.1. The van der Waals surface area contributed by atoms with Crippen LogP contribution in [0.5, 0.6) is 11.5 Å². The lowest BCUT2D eigenvalue weighted by Crippen LogP contribution is -2.44. The van der Waals surface area contributed by atoms with Crippen LogP contribution in [0.1, 0.15) is 41.6 Å². The number of rotatable bonds is 12. The summed E-state index contributed by atoms with van der Waals surface area (Å²) < 4.78 is 22.2. The molecule has 0 fully saturated rings. The number of nitrogens with zero attached hydrogens (tertiary/aromatic N) is 2. The molecule has 2 heterocycles. The summed E-state index contributed by atoms with van der Waals surface area (Å²) in [5, 5.41) is 3.02. The summed E-state index contributed by atoms with van der Waals surface area (Å²) in [4.78, 5) is 30.4. The maximum absolute atomic E-state index is 13.8. The van der Waals surface area contributed by atoms with Crippen molar-refractivity contribution in [2.24, 2.45) is 0 Å². The molecule has 0 saturated carbocycles. The topological polar surface area (TPSA) is 93.5 Å². The summed E-state index contributed by atoms with van der Waals surface area (Å²) in [6.07, 6.45) is 0.612. The van der Waals surface area contributed by atoms with E-state index in [1.165, 1.54) is 0 Å². The van der Waals surface area contributed by atoms with Crippen molar-refractivity contribution in [1.29, 1.82) is 0 Å². The van der Waals surface area contributed by atoms with Gasteiger partial charge in [0.25, 0.3) is 0 Å². The minimum absolute atomic E-state index is 0.0901. The van der Waals surface area contributed by atoms with E-state index in [1.54, 1.807) is 9.80 Å². The van der Waals surface area contributed by atoms with Crippen LogP contribution < -0.4 is 14.8 Å². The highest BCUT2D eigenvalue weighted by molar-refractivity contribution is 5.93. The number of carbonyl (C=O) groups is 2. The zero-order valence-electron chi connectivity index (χ0n) is 23.1. The van der Waals surface area contributed by atoms with Gasteiger partial charge in [0.2, 0.25) is 12.7 Å². The van der Waals surface area contributed by atoms with Gasteiger partial charge in [0, 0.05) is 32.0 Å². The summed E-state index contributed by atoms with van der Waals surface area (Å²) in [6.45, 7) is 9.85. The molecule has 1 N–H and O–H groups in total. The van der Waals surface area contributed by atoms with E-state index in [4.69, 9.17) is 18.6 Å². The molecule has 4 rings (SSSR count). The van der Waals surface area contributed by atoms with Gasteiger partial charge in [0.1, 0.15) is 18.1 Å². The minimum Gasteiger partial charge on any atom is -0.464 e. The summed E-state index contributed by atoms with van der Waals surface area (Å²) in [5.41, 5.74) is 3.56. The van der Waals surface area contributed by atoms with Crippen LogP contribution in [0.2, 0.25) is 0 Å². The largest absolute Gasteiger partial charge is 0.464 e. The standard InChI is InChI=1S/C30H37N3O6/c1-5-36-15-7-14-32(30(35)31-29-21(2)8-6-9-22(29)3)19-28(34)33(18-25-12-10-23(4)39-25)17-24-11-13-26-27(16-24)38-20-37-26/h6,8-13,16H,5,7,14-15,17-20H2,1-4H3,(H,31,35). The molecule has 3 aromatic rings. The third-order valence-electron chi connectivity index (χ3n) is 6.55. The van der Waals surface area contributed by atoms with E-state index >= 15 is 0 Å². The molecule has 0 spiro atoms. The molecule has 0 unspecified atom stereocenters. The van der Waals surface area contributed by atoms with Gasteiger partial charge in [0.05, 0.1) is 6.54 Å². The van der Waals surface area contributed by atoms with Crippen LogP contribution in [0.25, 0.3) is 0 Å². The van der Waals surface area contributed by atoms with Crippen LogP contribution in [-0.2, 0) is 22.6 Å². The number of para-hydroxylation sites is 1. The summed E-state index contributed by atoms with van der Waals surface area (Å²) >= 11 is 0. The molecule has 9 nitrogen and oxygen atoms in total. The van der Waals surface area contributed by atoms with Gasteiger partial charge in [-0.05, 0) is 75.1 Å². The molecule has 1 aliphatic heterocycles. The van der Waals surface area contributed by atoms with Gasteiger partial charge >= 0.3 is 6.03 Å². The molecular formula is C30H37N3O6. The normalized spacial score (nSPS) is 11.9. The average Bonchev–Trinajstić information content (AvgIpc) is 3.55. The number of urea groups is 1. The first-order chi connectivity index (χ1) is 18.8. The molecule has 3 amide bonds. The van der Waals surface area contributed by atoms with Crippen molar-refractivity contribution in [3.05, 3.63) is 76.7 Å². The summed E-state index contributed by atoms with van der Waals surface area (Å²) in [7, 11) is 0. The molecule has 0 radical (unpaired) electrons. The number of carbonyl (C=O) groups excluding carboxylic acids is 2. The maximum Gasteiger partial charge on any atom is 0.322 e. The second-order valence-electron chi connectivity index (χ2n) is 9.62. The number of anilines is 1. The molecule has 1 aromatic heterocycles. The first kappa shape index (κ1) is 28.0. The first-order valence-corrected chi connectivity index (χ1v) is 13.3. The zero-order valence-corrected chi connectivity index (χ0v) is 23.1. The van der Waals surface area contributed by atoms with Crippen molar-refractivity contribution in [2.75, 3.05) is 38.4 Å². The van der Waals surface area contributed by atoms with Crippen LogP contribution >= 0.6 is 0 Å². The molecule has 39 heavy (non-hydrogen) atoms. The Labute approximate surface area is 229 Å². The molecule has 2 aromatic carbocycles. The first-order valence-electron chi connectivity index (χ1n) is 13.3. The van der Waals surface area contributed by atoms with Gasteiger partial charge in [-0.3, -0.25) is 4.79 Å². The Bertz CT molecular complexity index is 1270. The highest BCUT2D eigenvalue weighted by atomic mass is 16.7. The van der Waals surface area contributed by atoms with E-state index in [1.807, 2.05) is 76.2 Å². The summed E-state index contributed by atoms with van der Waals surface area (Å²) in [5.74, 6) is 2.58. The Morgan fingerprint density at radius 2 is 1.72 bits per heavy atom. The highest BCUT2D eigenvalue weighted by Crippen LogP contribution is 2.33. The van der Waals surface area contributed by atoms with Crippen LogP contribution in [0.3, 0.4) is 0 Å². The predicted molar refractivity (Wildman–Crippen MR) is 148 cm³/mol. The second kappa shape index (κ2) is 13.2. The van der Waals surface area contributed by atoms with Crippen molar-refractivity contribution in [3.63, 3.8) is 0 Å². The monoisotopic (exact) mass is 535 g/mol. The molecule has 0 aliphatic carbocycles. The Hall–Kier alpha value is -3.98. The molecule has 0 atom stereocenters. The van der Waals surface area contributed by atoms with Crippen molar-refractivity contribution in [3.8, 4) is 11.5 Å². The zero-order chi connectivity index (χ0) is 27.8. The maximum atomic E-state index is 13.8. The lowest BCUT2D eigenvalue weighted by Gasteiger charge is -2.28. The number of nitrogens with one attached hydrogen (secondary N) is 1. The van der Waals surface area contributed by atoms with E-state index in [9.17, 15) is 9.59 Å². The van der Waals surface area contributed by atoms with Gasteiger partial charge in [-0.2, -0.15) is 0 Å². The van der Waals surface area contributed by atoms with Gasteiger partial charge in [-0.25, -0.2) is 4.79 Å². The summed E-state index contributed by atoms with van der Waals surface area (Å²) in [6, 6.07) is 14.9. The van der Waals surface area contributed by atoms with Gasteiger partial charge in [0.15, 0.2) is 11.5 Å². The number of hydrogen-bond donors (Lipinski definition) is 1. The smallest absolute Gasteiger partial charge is 0.322 e. The van der Waals surface area contributed by atoms with Gasteiger partial charge in [-0.1, -0.05) is 24.3 Å². The van der Waals surface area contributed by atoms with Gasteiger partial charge in [-0.15, -0.1) is 0 Å². The fourth-order valence-electron chi connectivity index (χ4n) is 4.47. The molecule has 0 bridgehead atoms. The fraction of sp³-hybridized carbons (Fsp3) is 0.400. The third kappa shape index (κ3) is 7.54. The van der Waals surface area contributed by atoms with E-state index in [2.05, 4.69) is 5.32 Å². The van der Waals surface area contributed by atoms with Crippen molar-refractivity contribution in [2.45, 2.75) is 47.2 Å². The second-order valence-corrected chi connectivity index (χ2v) is 9.62. The Kier molecular flexibility index (Phi) is 9.49. The van der Waals surface area contributed by atoms with Gasteiger partial charge < -0.3 is 33.7 Å². The number of aryl methyl sites for hydroxylation is 3. The van der Waals surface area contributed by atoms with Crippen molar-refractivity contribution >= 4 is 17.6 Å². The van der Waals surface area contributed by atoms with E-state index in [-0.39, 0.29) is 31.8 Å². The molecule has 208 valence electrons.